The van der Waals surface area contributed by atoms with Crippen molar-refractivity contribution in [2.24, 2.45) is 0 Å². The second-order valence-electron chi connectivity index (χ2n) is 6.43. The molecule has 2 heterocycles. The molecule has 2 aliphatic rings. The molecule has 1 amide bonds. The zero-order valence-corrected chi connectivity index (χ0v) is 14.2. The van der Waals surface area contributed by atoms with Crippen molar-refractivity contribution in [3.63, 3.8) is 0 Å². The highest BCUT2D eigenvalue weighted by molar-refractivity contribution is 7.92. The number of amides is 1. The van der Waals surface area contributed by atoms with Crippen LogP contribution in [0.5, 0.6) is 0 Å². The standard InChI is InChI=1S/C15H15F3N4O3S/c16-15(17,18)9-1-2-12(21-6-9)26(24,25)10-5-11(20-7-10)13(23)22-14(8-19)3-4-14/h1-2,6,10-11,20H,3-5,7H2,(H,22,23). The number of hydrogen-bond acceptors (Lipinski definition) is 6. The Kier molecular flexibility index (Phi) is 4.44. The molecule has 0 aromatic carbocycles. The second kappa shape index (κ2) is 6.21. The Morgan fingerprint density at radius 3 is 2.58 bits per heavy atom. The molecule has 2 unspecified atom stereocenters. The van der Waals surface area contributed by atoms with E-state index in [4.69, 9.17) is 5.26 Å². The average molecular weight is 388 g/mol. The van der Waals surface area contributed by atoms with Crippen molar-refractivity contribution in [1.82, 2.24) is 15.6 Å². The van der Waals surface area contributed by atoms with Crippen LogP contribution in [-0.4, -0.2) is 42.7 Å². The van der Waals surface area contributed by atoms with E-state index >= 15 is 0 Å². The minimum absolute atomic E-state index is 0.0251. The molecule has 1 saturated heterocycles. The topological polar surface area (TPSA) is 112 Å². The number of nitrogens with one attached hydrogen (secondary N) is 2. The van der Waals surface area contributed by atoms with Crippen LogP contribution in [-0.2, 0) is 20.8 Å². The third-order valence-corrected chi connectivity index (χ3v) is 6.59. The highest BCUT2D eigenvalue weighted by Gasteiger charge is 2.47. The number of carbonyl (C=O) groups excluding carboxylic acids is 1. The predicted octanol–water partition coefficient (Wildman–Crippen LogP) is 0.777. The summed E-state index contributed by atoms with van der Waals surface area (Å²) in [4.78, 5) is 15.6. The molecule has 140 valence electrons. The van der Waals surface area contributed by atoms with Gasteiger partial charge in [-0.2, -0.15) is 18.4 Å². The van der Waals surface area contributed by atoms with E-state index in [2.05, 4.69) is 15.6 Å². The lowest BCUT2D eigenvalue weighted by atomic mass is 10.2. The van der Waals surface area contributed by atoms with Crippen molar-refractivity contribution in [3.05, 3.63) is 23.9 Å². The monoisotopic (exact) mass is 388 g/mol. The van der Waals surface area contributed by atoms with Gasteiger partial charge < -0.3 is 10.6 Å². The molecule has 3 rings (SSSR count). The number of hydrogen-bond donors (Lipinski definition) is 2. The highest BCUT2D eigenvalue weighted by Crippen LogP contribution is 2.35. The average Bonchev–Trinajstić information content (AvgIpc) is 3.17. The summed E-state index contributed by atoms with van der Waals surface area (Å²) >= 11 is 0. The predicted molar refractivity (Wildman–Crippen MR) is 82.3 cm³/mol. The molecule has 2 atom stereocenters. The summed E-state index contributed by atoms with van der Waals surface area (Å²) in [7, 11) is -3.99. The van der Waals surface area contributed by atoms with Gasteiger partial charge in [0.15, 0.2) is 14.9 Å². The third-order valence-electron chi connectivity index (χ3n) is 4.53. The van der Waals surface area contributed by atoms with E-state index in [0.29, 0.717) is 25.1 Å². The summed E-state index contributed by atoms with van der Waals surface area (Å²) in [6, 6.07) is 2.71. The van der Waals surface area contributed by atoms with E-state index < -0.39 is 49.3 Å². The van der Waals surface area contributed by atoms with Gasteiger partial charge in [0.2, 0.25) is 5.91 Å². The van der Waals surface area contributed by atoms with Gasteiger partial charge in [-0.1, -0.05) is 0 Å². The first kappa shape index (κ1) is 18.6. The van der Waals surface area contributed by atoms with Gasteiger partial charge in [-0.15, -0.1) is 0 Å². The molecule has 26 heavy (non-hydrogen) atoms. The smallest absolute Gasteiger partial charge is 0.336 e. The fourth-order valence-electron chi connectivity index (χ4n) is 2.74. The maximum absolute atomic E-state index is 12.6. The van der Waals surface area contributed by atoms with Crippen molar-refractivity contribution < 1.29 is 26.4 Å². The molecule has 1 aliphatic carbocycles. The van der Waals surface area contributed by atoms with Gasteiger partial charge in [0.05, 0.1) is 22.9 Å². The first-order valence-corrected chi connectivity index (χ1v) is 9.36. The quantitative estimate of drug-likeness (QED) is 0.788. The Morgan fingerprint density at radius 1 is 1.38 bits per heavy atom. The zero-order valence-electron chi connectivity index (χ0n) is 13.4. The Morgan fingerprint density at radius 2 is 2.08 bits per heavy atom. The van der Waals surface area contributed by atoms with Gasteiger partial charge in [-0.05, 0) is 31.4 Å². The Bertz CT molecular complexity index is 858. The lowest BCUT2D eigenvalue weighted by Crippen LogP contribution is -2.45. The molecule has 1 aliphatic heterocycles. The van der Waals surface area contributed by atoms with Crippen molar-refractivity contribution in [1.29, 1.82) is 5.26 Å². The van der Waals surface area contributed by atoms with Crippen molar-refractivity contribution >= 4 is 15.7 Å². The van der Waals surface area contributed by atoms with Crippen LogP contribution in [0.25, 0.3) is 0 Å². The molecule has 1 saturated carbocycles. The summed E-state index contributed by atoms with van der Waals surface area (Å²) in [5, 5.41) is 12.9. The minimum atomic E-state index is -4.60. The van der Waals surface area contributed by atoms with Crippen LogP contribution in [0.15, 0.2) is 23.4 Å². The van der Waals surface area contributed by atoms with E-state index in [1.165, 1.54) is 0 Å². The number of pyridine rings is 1. The first-order valence-electron chi connectivity index (χ1n) is 7.81. The van der Waals surface area contributed by atoms with Gasteiger partial charge in [0, 0.05) is 12.7 Å². The summed E-state index contributed by atoms with van der Waals surface area (Å²) < 4.78 is 62.8. The van der Waals surface area contributed by atoms with Gasteiger partial charge >= 0.3 is 6.18 Å². The summed E-state index contributed by atoms with van der Waals surface area (Å²) in [5.74, 6) is -0.456. The Balaban J connectivity index is 1.69. The third kappa shape index (κ3) is 3.52. The van der Waals surface area contributed by atoms with Crippen LogP contribution >= 0.6 is 0 Å². The largest absolute Gasteiger partial charge is 0.417 e. The summed E-state index contributed by atoms with van der Waals surface area (Å²) in [6.07, 6.45) is -3.06. The molecule has 2 N–H and O–H groups in total. The number of rotatable bonds is 4. The minimum Gasteiger partial charge on any atom is -0.336 e. The maximum Gasteiger partial charge on any atom is 0.417 e. The number of alkyl halides is 3. The molecule has 2 fully saturated rings. The molecule has 0 bridgehead atoms. The van der Waals surface area contributed by atoms with Crippen LogP contribution in [0, 0.1) is 11.3 Å². The lowest BCUT2D eigenvalue weighted by Gasteiger charge is -2.14. The van der Waals surface area contributed by atoms with Gasteiger partial charge in [-0.25, -0.2) is 13.4 Å². The van der Waals surface area contributed by atoms with E-state index in [1.807, 2.05) is 6.07 Å². The number of carbonyl (C=O) groups is 1. The SMILES string of the molecule is N#CC1(NC(=O)C2CC(S(=O)(=O)c3ccc(C(F)(F)F)cn3)CN2)CC1. The molecular formula is C15H15F3N4O3S. The molecule has 11 heteroatoms. The van der Waals surface area contributed by atoms with Crippen LogP contribution in [0.1, 0.15) is 24.8 Å². The molecular weight excluding hydrogens is 373 g/mol. The van der Waals surface area contributed by atoms with E-state index in [0.717, 1.165) is 6.07 Å². The normalized spacial score (nSPS) is 24.7. The van der Waals surface area contributed by atoms with Crippen LogP contribution in [0.4, 0.5) is 13.2 Å². The van der Waals surface area contributed by atoms with Gasteiger partial charge in [-0.3, -0.25) is 4.79 Å². The second-order valence-corrected chi connectivity index (χ2v) is 8.60. The lowest BCUT2D eigenvalue weighted by molar-refractivity contribution is -0.137. The maximum atomic E-state index is 12.6. The fraction of sp³-hybridized carbons (Fsp3) is 0.533. The molecule has 0 spiro atoms. The van der Waals surface area contributed by atoms with Crippen molar-refractivity contribution in [2.45, 2.75) is 47.3 Å². The molecule has 1 aromatic rings. The number of nitrogens with zero attached hydrogens (tertiary/aromatic N) is 2. The van der Waals surface area contributed by atoms with E-state index in [1.54, 1.807) is 0 Å². The number of sulfone groups is 1. The van der Waals surface area contributed by atoms with Crippen LogP contribution in [0.3, 0.4) is 0 Å². The van der Waals surface area contributed by atoms with Gasteiger partial charge in [0.25, 0.3) is 0 Å². The summed E-state index contributed by atoms with van der Waals surface area (Å²) in [5.41, 5.74) is -1.89. The van der Waals surface area contributed by atoms with E-state index in [-0.39, 0.29) is 13.0 Å². The molecule has 7 nitrogen and oxygen atoms in total. The fourth-order valence-corrected chi connectivity index (χ4v) is 4.30. The van der Waals surface area contributed by atoms with Gasteiger partial charge in [0.1, 0.15) is 5.54 Å². The Hall–Kier alpha value is -2.19. The van der Waals surface area contributed by atoms with Crippen molar-refractivity contribution in [2.75, 3.05) is 6.54 Å². The first-order chi connectivity index (χ1) is 12.1. The van der Waals surface area contributed by atoms with E-state index in [9.17, 15) is 26.4 Å². The highest BCUT2D eigenvalue weighted by atomic mass is 32.2. The number of aromatic nitrogens is 1. The molecule has 0 radical (unpaired) electrons. The summed E-state index contributed by atoms with van der Waals surface area (Å²) in [6.45, 7) is -0.0251. The number of nitriles is 1. The zero-order chi connectivity index (χ0) is 19.2. The van der Waals surface area contributed by atoms with Crippen LogP contribution < -0.4 is 10.6 Å². The van der Waals surface area contributed by atoms with Crippen LogP contribution in [0.2, 0.25) is 0 Å². The number of halogens is 3. The van der Waals surface area contributed by atoms with Crippen molar-refractivity contribution in [3.8, 4) is 6.07 Å². The Labute approximate surface area is 147 Å². The molecule has 1 aromatic heterocycles.